The van der Waals surface area contributed by atoms with Crippen molar-refractivity contribution in [3.63, 3.8) is 0 Å². The first-order chi connectivity index (χ1) is 17.0. The van der Waals surface area contributed by atoms with Crippen LogP contribution in [0.5, 0.6) is 0 Å². The van der Waals surface area contributed by atoms with Crippen molar-refractivity contribution >= 4 is 51.6 Å². The molecule has 3 aromatic rings. The van der Waals surface area contributed by atoms with E-state index in [4.69, 9.17) is 22.0 Å². The van der Waals surface area contributed by atoms with Gasteiger partial charge in [0.2, 0.25) is 5.16 Å². The van der Waals surface area contributed by atoms with Gasteiger partial charge in [0.1, 0.15) is 0 Å². The van der Waals surface area contributed by atoms with E-state index in [9.17, 15) is 9.59 Å². The highest BCUT2D eigenvalue weighted by molar-refractivity contribution is 7.99. The summed E-state index contributed by atoms with van der Waals surface area (Å²) in [6, 6.07) is 8.61. The van der Waals surface area contributed by atoms with Crippen LogP contribution in [0.1, 0.15) is 51.4 Å². The number of aliphatic carboxylic acids is 1. The molecule has 12 heteroatoms. The van der Waals surface area contributed by atoms with Gasteiger partial charge in [-0.25, -0.2) is 4.68 Å². The molecule has 182 valence electrons. The normalized spacial score (nSPS) is 12.6. The average molecular weight is 531 g/mol. The molecule has 0 aliphatic heterocycles. The first-order valence-corrected chi connectivity index (χ1v) is 13.2. The zero-order valence-electron chi connectivity index (χ0n) is 18.7. The van der Waals surface area contributed by atoms with E-state index in [0.717, 1.165) is 36.2 Å². The summed E-state index contributed by atoms with van der Waals surface area (Å²) in [5.41, 5.74) is 5.61. The number of amides is 1. The van der Waals surface area contributed by atoms with Crippen LogP contribution in [-0.2, 0) is 24.1 Å². The molecule has 0 radical (unpaired) electrons. The summed E-state index contributed by atoms with van der Waals surface area (Å²) in [4.78, 5) is 25.2. The van der Waals surface area contributed by atoms with Crippen LogP contribution in [0.25, 0.3) is 0 Å². The number of halogens is 1. The Morgan fingerprint density at radius 1 is 1.23 bits per heavy atom. The van der Waals surface area contributed by atoms with E-state index < -0.39 is 5.97 Å². The van der Waals surface area contributed by atoms with Crippen molar-refractivity contribution in [1.29, 1.82) is 5.26 Å². The van der Waals surface area contributed by atoms with Gasteiger partial charge in [-0.05, 0) is 61.1 Å². The average Bonchev–Trinajstić information content (AvgIpc) is 3.39. The number of fused-ring (bicyclic) bond motifs is 1. The van der Waals surface area contributed by atoms with Gasteiger partial charge in [-0.1, -0.05) is 23.4 Å². The van der Waals surface area contributed by atoms with Gasteiger partial charge in [0.25, 0.3) is 5.91 Å². The van der Waals surface area contributed by atoms with Crippen LogP contribution < -0.4 is 10.7 Å². The van der Waals surface area contributed by atoms with Crippen LogP contribution in [-0.4, -0.2) is 44.2 Å². The standard InChI is InChI=1S/C23H23ClN6O3S2/c24-15-7-5-14(6-8-15)21(33)29-30-19(27-28-23(30)34-12-10-25)13-17-16-3-1-2-4-18(16)35-22(17)26-11-9-20(31)32/h5-8,26H,1-4,9,11-13H2,(H,29,33)(H,31,32). The molecule has 2 heterocycles. The number of hydrogen-bond acceptors (Lipinski definition) is 8. The molecule has 2 aromatic heterocycles. The zero-order chi connectivity index (χ0) is 24.8. The molecule has 4 rings (SSSR count). The summed E-state index contributed by atoms with van der Waals surface area (Å²) < 4.78 is 1.53. The summed E-state index contributed by atoms with van der Waals surface area (Å²) in [6.45, 7) is 0.324. The van der Waals surface area contributed by atoms with Crippen LogP contribution in [0.15, 0.2) is 29.4 Å². The van der Waals surface area contributed by atoms with Gasteiger partial charge in [-0.3, -0.25) is 15.0 Å². The second kappa shape index (κ2) is 11.6. The number of nitrogens with zero attached hydrogens (tertiary/aromatic N) is 4. The lowest BCUT2D eigenvalue weighted by Crippen LogP contribution is -2.26. The third-order valence-electron chi connectivity index (χ3n) is 5.53. The van der Waals surface area contributed by atoms with Gasteiger partial charge in [0, 0.05) is 28.4 Å². The molecule has 0 bridgehead atoms. The molecule has 3 N–H and O–H groups in total. The highest BCUT2D eigenvalue weighted by Crippen LogP contribution is 2.39. The van der Waals surface area contributed by atoms with Crippen molar-refractivity contribution in [2.45, 2.75) is 43.7 Å². The van der Waals surface area contributed by atoms with Gasteiger partial charge >= 0.3 is 5.97 Å². The molecule has 0 fully saturated rings. The van der Waals surface area contributed by atoms with Gasteiger partial charge in [0.15, 0.2) is 5.82 Å². The van der Waals surface area contributed by atoms with Crippen LogP contribution in [0, 0.1) is 11.3 Å². The van der Waals surface area contributed by atoms with Crippen molar-refractivity contribution in [1.82, 2.24) is 14.9 Å². The van der Waals surface area contributed by atoms with Crippen LogP contribution in [0.2, 0.25) is 5.02 Å². The number of carboxylic acids is 1. The monoisotopic (exact) mass is 530 g/mol. The number of carbonyl (C=O) groups is 2. The SMILES string of the molecule is N#CCSc1nnc(Cc2c(NCCC(=O)O)sc3c2CCCC3)n1NC(=O)c1ccc(Cl)cc1. The van der Waals surface area contributed by atoms with Crippen LogP contribution in [0.4, 0.5) is 5.00 Å². The number of nitriles is 1. The summed E-state index contributed by atoms with van der Waals surface area (Å²) in [5.74, 6) is -0.525. The zero-order valence-corrected chi connectivity index (χ0v) is 21.1. The van der Waals surface area contributed by atoms with Crippen molar-refractivity contribution in [2.24, 2.45) is 0 Å². The van der Waals surface area contributed by atoms with Gasteiger partial charge in [-0.15, -0.1) is 21.5 Å². The number of rotatable bonds is 10. The lowest BCUT2D eigenvalue weighted by atomic mass is 9.94. The molecule has 1 aliphatic carbocycles. The van der Waals surface area contributed by atoms with Gasteiger partial charge in [0.05, 0.1) is 23.2 Å². The van der Waals surface area contributed by atoms with Crippen molar-refractivity contribution < 1.29 is 14.7 Å². The molecule has 1 amide bonds. The highest BCUT2D eigenvalue weighted by atomic mass is 35.5. The fraction of sp³-hybridized carbons (Fsp3) is 0.348. The fourth-order valence-electron chi connectivity index (χ4n) is 3.89. The van der Waals surface area contributed by atoms with E-state index in [1.807, 2.05) is 0 Å². The lowest BCUT2D eigenvalue weighted by molar-refractivity contribution is -0.136. The Bertz CT molecular complexity index is 1270. The lowest BCUT2D eigenvalue weighted by Gasteiger charge is -2.15. The Morgan fingerprint density at radius 3 is 2.74 bits per heavy atom. The third kappa shape index (κ3) is 6.14. The maximum atomic E-state index is 12.9. The van der Waals surface area contributed by atoms with E-state index in [2.05, 4.69) is 27.0 Å². The van der Waals surface area contributed by atoms with E-state index in [0.29, 0.717) is 34.5 Å². The Hall–Kier alpha value is -3.07. The van der Waals surface area contributed by atoms with Gasteiger partial charge in [-0.2, -0.15) is 5.26 Å². The predicted octanol–water partition coefficient (Wildman–Crippen LogP) is 4.35. The second-order valence-corrected chi connectivity index (χ2v) is 10.4. The summed E-state index contributed by atoms with van der Waals surface area (Å²) >= 11 is 8.79. The molecule has 0 saturated heterocycles. The number of nitrogens with one attached hydrogen (secondary N) is 2. The third-order valence-corrected chi connectivity index (χ3v) is 7.87. The minimum atomic E-state index is -0.857. The van der Waals surface area contributed by atoms with Gasteiger partial charge < -0.3 is 10.4 Å². The maximum absolute atomic E-state index is 12.9. The summed E-state index contributed by atoms with van der Waals surface area (Å²) in [7, 11) is 0. The van der Waals surface area contributed by atoms with Crippen molar-refractivity contribution in [3.8, 4) is 6.07 Å². The largest absolute Gasteiger partial charge is 0.481 e. The smallest absolute Gasteiger partial charge is 0.305 e. The molecule has 1 aromatic carbocycles. The number of carboxylic acid groups (broad SMARTS) is 1. The summed E-state index contributed by atoms with van der Waals surface area (Å²) in [6.07, 6.45) is 4.59. The van der Waals surface area contributed by atoms with Crippen LogP contribution in [0.3, 0.4) is 0 Å². The van der Waals surface area contributed by atoms with E-state index >= 15 is 0 Å². The Balaban J connectivity index is 1.64. The number of anilines is 1. The Labute approximate surface area is 215 Å². The van der Waals surface area contributed by atoms with E-state index in [1.54, 1.807) is 35.6 Å². The molecule has 0 saturated carbocycles. The molecule has 35 heavy (non-hydrogen) atoms. The number of aromatic nitrogens is 3. The quantitative estimate of drug-likeness (QED) is 0.329. The second-order valence-electron chi connectivity index (χ2n) is 7.89. The molecular formula is C23H23ClN6O3S2. The molecule has 0 spiro atoms. The molecule has 9 nitrogen and oxygen atoms in total. The van der Waals surface area contributed by atoms with E-state index in [1.165, 1.54) is 26.9 Å². The number of carbonyl (C=O) groups excluding carboxylic acids is 1. The fourth-order valence-corrected chi connectivity index (χ4v) is 5.92. The minimum absolute atomic E-state index is 0.0181. The number of thioether (sulfide) groups is 1. The number of aryl methyl sites for hydroxylation is 1. The molecular weight excluding hydrogens is 508 g/mol. The first kappa shape index (κ1) is 25.0. The Kier molecular flexibility index (Phi) is 8.28. The number of benzene rings is 1. The molecule has 0 atom stereocenters. The molecule has 1 aliphatic rings. The Morgan fingerprint density at radius 2 is 2.00 bits per heavy atom. The summed E-state index contributed by atoms with van der Waals surface area (Å²) in [5, 5.41) is 31.8. The molecule has 0 unspecified atom stereocenters. The highest BCUT2D eigenvalue weighted by Gasteiger charge is 2.24. The number of hydrogen-bond donors (Lipinski definition) is 3. The predicted molar refractivity (Wildman–Crippen MR) is 136 cm³/mol. The van der Waals surface area contributed by atoms with Crippen molar-refractivity contribution in [2.75, 3.05) is 23.0 Å². The van der Waals surface area contributed by atoms with Crippen molar-refractivity contribution in [3.05, 3.63) is 56.7 Å². The van der Waals surface area contributed by atoms with E-state index in [-0.39, 0.29) is 18.1 Å². The first-order valence-electron chi connectivity index (χ1n) is 11.1. The number of thiophene rings is 1. The topological polar surface area (TPSA) is 133 Å². The minimum Gasteiger partial charge on any atom is -0.481 e. The maximum Gasteiger partial charge on any atom is 0.305 e. The van der Waals surface area contributed by atoms with Crippen LogP contribution >= 0.6 is 34.7 Å².